The second-order valence-corrected chi connectivity index (χ2v) is 4.78. The number of aliphatic hydroxyl groups is 1. The SMILES string of the molecule is CC(C)C(CN)C(O)c1cc2ccccc2o1. The third kappa shape index (κ3) is 2.35. The Morgan fingerprint density at radius 3 is 2.59 bits per heavy atom. The largest absolute Gasteiger partial charge is 0.458 e. The van der Waals surface area contributed by atoms with Crippen molar-refractivity contribution in [3.8, 4) is 0 Å². The summed E-state index contributed by atoms with van der Waals surface area (Å²) in [6.45, 7) is 4.57. The summed E-state index contributed by atoms with van der Waals surface area (Å²) in [5, 5.41) is 11.3. The summed E-state index contributed by atoms with van der Waals surface area (Å²) in [7, 11) is 0. The van der Waals surface area contributed by atoms with Crippen LogP contribution in [0.4, 0.5) is 0 Å². The van der Waals surface area contributed by atoms with Gasteiger partial charge < -0.3 is 15.3 Å². The smallest absolute Gasteiger partial charge is 0.134 e. The van der Waals surface area contributed by atoms with E-state index in [-0.39, 0.29) is 5.92 Å². The maximum absolute atomic E-state index is 10.3. The minimum Gasteiger partial charge on any atom is -0.458 e. The molecule has 92 valence electrons. The number of fused-ring (bicyclic) bond motifs is 1. The Kier molecular flexibility index (Phi) is 3.50. The predicted molar refractivity (Wildman–Crippen MR) is 68.6 cm³/mol. The molecule has 3 N–H and O–H groups in total. The number of para-hydroxylation sites is 1. The molecule has 0 aliphatic heterocycles. The number of aliphatic hydroxyl groups excluding tert-OH is 1. The normalized spacial score (nSPS) is 15.4. The molecule has 0 aliphatic rings. The zero-order valence-electron chi connectivity index (χ0n) is 10.3. The number of hydrogen-bond donors (Lipinski definition) is 2. The molecule has 0 spiro atoms. The monoisotopic (exact) mass is 233 g/mol. The summed E-state index contributed by atoms with van der Waals surface area (Å²) in [6.07, 6.45) is -0.632. The number of furan rings is 1. The standard InChI is InChI=1S/C14H19NO2/c1-9(2)11(8-15)14(16)13-7-10-5-3-4-6-12(10)17-13/h3-7,9,11,14,16H,8,15H2,1-2H3. The van der Waals surface area contributed by atoms with Crippen LogP contribution in [0.25, 0.3) is 11.0 Å². The lowest BCUT2D eigenvalue weighted by atomic mass is 9.89. The van der Waals surface area contributed by atoms with Crippen molar-refractivity contribution in [2.24, 2.45) is 17.6 Å². The molecule has 0 radical (unpaired) electrons. The van der Waals surface area contributed by atoms with Crippen molar-refractivity contribution in [3.05, 3.63) is 36.1 Å². The van der Waals surface area contributed by atoms with Crippen molar-refractivity contribution in [1.29, 1.82) is 0 Å². The van der Waals surface area contributed by atoms with Crippen LogP contribution in [0.15, 0.2) is 34.7 Å². The highest BCUT2D eigenvalue weighted by Gasteiger charge is 2.25. The molecule has 2 rings (SSSR count). The van der Waals surface area contributed by atoms with Gasteiger partial charge in [-0.05, 0) is 24.6 Å². The van der Waals surface area contributed by atoms with E-state index in [9.17, 15) is 5.11 Å². The molecule has 1 aromatic heterocycles. The van der Waals surface area contributed by atoms with Crippen LogP contribution in [0.1, 0.15) is 25.7 Å². The van der Waals surface area contributed by atoms with E-state index >= 15 is 0 Å². The van der Waals surface area contributed by atoms with Crippen LogP contribution < -0.4 is 5.73 Å². The number of rotatable bonds is 4. The van der Waals surface area contributed by atoms with Crippen molar-refractivity contribution in [2.45, 2.75) is 20.0 Å². The second kappa shape index (κ2) is 4.90. The fourth-order valence-corrected chi connectivity index (χ4v) is 2.12. The highest BCUT2D eigenvalue weighted by Crippen LogP contribution is 2.31. The van der Waals surface area contributed by atoms with E-state index < -0.39 is 6.10 Å². The Bertz CT molecular complexity index is 457. The first-order valence-electron chi connectivity index (χ1n) is 6.00. The molecule has 0 aliphatic carbocycles. The van der Waals surface area contributed by atoms with Crippen molar-refractivity contribution < 1.29 is 9.52 Å². The van der Waals surface area contributed by atoms with E-state index in [1.165, 1.54) is 0 Å². The van der Waals surface area contributed by atoms with Crippen molar-refractivity contribution >= 4 is 11.0 Å². The fraction of sp³-hybridized carbons (Fsp3) is 0.429. The summed E-state index contributed by atoms with van der Waals surface area (Å²) in [6, 6.07) is 9.65. The van der Waals surface area contributed by atoms with E-state index in [0.29, 0.717) is 18.2 Å². The van der Waals surface area contributed by atoms with Gasteiger partial charge in [-0.15, -0.1) is 0 Å². The minimum absolute atomic E-state index is 0.0237. The fourth-order valence-electron chi connectivity index (χ4n) is 2.12. The molecule has 3 nitrogen and oxygen atoms in total. The number of nitrogens with two attached hydrogens (primary N) is 1. The van der Waals surface area contributed by atoms with Crippen LogP contribution in [0.2, 0.25) is 0 Å². The molecule has 0 bridgehead atoms. The molecule has 17 heavy (non-hydrogen) atoms. The van der Waals surface area contributed by atoms with Crippen LogP contribution >= 0.6 is 0 Å². The van der Waals surface area contributed by atoms with Crippen LogP contribution in [0, 0.1) is 11.8 Å². The summed E-state index contributed by atoms with van der Waals surface area (Å²) >= 11 is 0. The van der Waals surface area contributed by atoms with Crippen LogP contribution in [-0.4, -0.2) is 11.7 Å². The van der Waals surface area contributed by atoms with Gasteiger partial charge in [0.25, 0.3) is 0 Å². The second-order valence-electron chi connectivity index (χ2n) is 4.78. The van der Waals surface area contributed by atoms with Gasteiger partial charge in [-0.1, -0.05) is 32.0 Å². The lowest BCUT2D eigenvalue weighted by Crippen LogP contribution is -2.26. The van der Waals surface area contributed by atoms with Crippen molar-refractivity contribution in [3.63, 3.8) is 0 Å². The average molecular weight is 233 g/mol. The molecule has 2 unspecified atom stereocenters. The van der Waals surface area contributed by atoms with Gasteiger partial charge in [0, 0.05) is 11.3 Å². The van der Waals surface area contributed by atoms with Gasteiger partial charge in [-0.2, -0.15) is 0 Å². The van der Waals surface area contributed by atoms with Crippen molar-refractivity contribution in [1.82, 2.24) is 0 Å². The maximum atomic E-state index is 10.3. The quantitative estimate of drug-likeness (QED) is 0.853. The molecule has 0 fully saturated rings. The molecular formula is C14H19NO2. The van der Waals surface area contributed by atoms with Crippen LogP contribution in [0.5, 0.6) is 0 Å². The summed E-state index contributed by atoms with van der Waals surface area (Å²) < 4.78 is 5.66. The first kappa shape index (κ1) is 12.1. The van der Waals surface area contributed by atoms with Gasteiger partial charge in [-0.3, -0.25) is 0 Å². The lowest BCUT2D eigenvalue weighted by molar-refractivity contribution is 0.0676. The van der Waals surface area contributed by atoms with Crippen LogP contribution in [0.3, 0.4) is 0 Å². The first-order valence-corrected chi connectivity index (χ1v) is 6.00. The van der Waals surface area contributed by atoms with Gasteiger partial charge in [0.1, 0.15) is 17.4 Å². The predicted octanol–water partition coefficient (Wildman–Crippen LogP) is 2.70. The van der Waals surface area contributed by atoms with E-state index in [4.69, 9.17) is 10.2 Å². The molecule has 1 heterocycles. The van der Waals surface area contributed by atoms with Gasteiger partial charge >= 0.3 is 0 Å². The molecule has 2 aromatic rings. The molecule has 0 saturated heterocycles. The van der Waals surface area contributed by atoms with E-state index in [1.807, 2.05) is 30.3 Å². The Morgan fingerprint density at radius 1 is 1.29 bits per heavy atom. The van der Waals surface area contributed by atoms with E-state index in [1.54, 1.807) is 0 Å². The number of hydrogen-bond acceptors (Lipinski definition) is 3. The van der Waals surface area contributed by atoms with Gasteiger partial charge in [0.2, 0.25) is 0 Å². The molecule has 0 saturated carbocycles. The molecule has 0 amide bonds. The van der Waals surface area contributed by atoms with E-state index in [2.05, 4.69) is 13.8 Å². The highest BCUT2D eigenvalue weighted by atomic mass is 16.4. The zero-order chi connectivity index (χ0) is 12.4. The molecule has 1 aromatic carbocycles. The third-order valence-corrected chi connectivity index (χ3v) is 3.27. The van der Waals surface area contributed by atoms with Crippen molar-refractivity contribution in [2.75, 3.05) is 6.54 Å². The highest BCUT2D eigenvalue weighted by molar-refractivity contribution is 5.77. The van der Waals surface area contributed by atoms with E-state index in [0.717, 1.165) is 11.0 Å². The minimum atomic E-state index is -0.632. The van der Waals surface area contributed by atoms with Gasteiger partial charge in [-0.25, -0.2) is 0 Å². The van der Waals surface area contributed by atoms with Gasteiger partial charge in [0.05, 0.1) is 0 Å². The molecule has 2 atom stereocenters. The summed E-state index contributed by atoms with van der Waals surface area (Å²) in [5.74, 6) is 0.953. The summed E-state index contributed by atoms with van der Waals surface area (Å²) in [5.41, 5.74) is 6.51. The lowest BCUT2D eigenvalue weighted by Gasteiger charge is -2.23. The Morgan fingerprint density at radius 2 is 2.00 bits per heavy atom. The molecule has 3 heteroatoms. The third-order valence-electron chi connectivity index (χ3n) is 3.27. The first-order chi connectivity index (χ1) is 8.13. The Labute approximate surface area is 101 Å². The Balaban J connectivity index is 2.32. The summed E-state index contributed by atoms with van der Waals surface area (Å²) in [4.78, 5) is 0. The molecular weight excluding hydrogens is 214 g/mol. The Hall–Kier alpha value is -1.32. The van der Waals surface area contributed by atoms with Gasteiger partial charge in [0.15, 0.2) is 0 Å². The number of benzene rings is 1. The average Bonchev–Trinajstić information content (AvgIpc) is 2.72. The maximum Gasteiger partial charge on any atom is 0.134 e. The topological polar surface area (TPSA) is 59.4 Å². The van der Waals surface area contributed by atoms with Crippen LogP contribution in [-0.2, 0) is 0 Å². The zero-order valence-corrected chi connectivity index (χ0v) is 10.3.